The van der Waals surface area contributed by atoms with Crippen molar-refractivity contribution in [1.29, 1.82) is 0 Å². The molecule has 0 atom stereocenters. The summed E-state index contributed by atoms with van der Waals surface area (Å²) in [5.41, 5.74) is -0.0760. The van der Waals surface area contributed by atoms with E-state index >= 15 is 0 Å². The lowest BCUT2D eigenvalue weighted by Gasteiger charge is -2.10. The first-order valence-electron chi connectivity index (χ1n) is 8.82. The minimum absolute atomic E-state index is 0.0191. The molecule has 7 nitrogen and oxygen atoms in total. The van der Waals surface area contributed by atoms with Crippen LogP contribution in [0.2, 0.25) is 0 Å². The van der Waals surface area contributed by atoms with E-state index in [1.54, 1.807) is 24.6 Å². The monoisotopic (exact) mass is 426 g/mol. The number of anilines is 1. The van der Waals surface area contributed by atoms with Gasteiger partial charge in [0.1, 0.15) is 28.7 Å². The zero-order valence-corrected chi connectivity index (χ0v) is 16.5. The Hall–Kier alpha value is -3.72. The summed E-state index contributed by atoms with van der Waals surface area (Å²) in [7, 11) is 0. The second kappa shape index (κ2) is 8.34. The lowest BCUT2D eigenvalue weighted by molar-refractivity contribution is -0.118. The van der Waals surface area contributed by atoms with Crippen molar-refractivity contribution in [3.63, 3.8) is 0 Å². The molecule has 0 aliphatic rings. The Morgan fingerprint density at radius 1 is 1.20 bits per heavy atom. The molecule has 0 unspecified atom stereocenters. The number of fused-ring (bicyclic) bond motifs is 1. The number of amides is 1. The lowest BCUT2D eigenvalue weighted by Crippen LogP contribution is -2.20. The zero-order valence-electron chi connectivity index (χ0n) is 15.7. The number of rotatable bonds is 6. The molecule has 0 saturated carbocycles. The van der Waals surface area contributed by atoms with Crippen molar-refractivity contribution in [3.05, 3.63) is 75.8 Å². The van der Waals surface area contributed by atoms with Gasteiger partial charge in [-0.1, -0.05) is 0 Å². The Kier molecular flexibility index (Phi) is 5.44. The number of hydrogen-bond donors (Lipinski definition) is 1. The highest BCUT2D eigenvalue weighted by Gasteiger charge is 2.15. The van der Waals surface area contributed by atoms with E-state index in [0.717, 1.165) is 0 Å². The number of nitrogens with zero attached hydrogens (tertiary/aromatic N) is 1. The average molecular weight is 426 g/mol. The van der Waals surface area contributed by atoms with Gasteiger partial charge in [0, 0.05) is 17.6 Å². The van der Waals surface area contributed by atoms with E-state index < -0.39 is 5.82 Å². The molecule has 152 valence electrons. The third-order valence-electron chi connectivity index (χ3n) is 4.07. The number of benzene rings is 2. The highest BCUT2D eigenvalue weighted by Crippen LogP contribution is 2.27. The Morgan fingerprint density at radius 2 is 1.97 bits per heavy atom. The lowest BCUT2D eigenvalue weighted by atomic mass is 10.2. The van der Waals surface area contributed by atoms with E-state index in [-0.39, 0.29) is 34.8 Å². The number of ether oxygens (including phenoxy) is 2. The summed E-state index contributed by atoms with van der Waals surface area (Å²) in [6.07, 6.45) is 1.59. The van der Waals surface area contributed by atoms with Crippen LogP contribution in [0.25, 0.3) is 11.0 Å². The smallest absolute Gasteiger partial charge is 0.264 e. The van der Waals surface area contributed by atoms with Crippen molar-refractivity contribution in [2.45, 2.75) is 6.92 Å². The predicted octanol–water partition coefficient (Wildman–Crippen LogP) is 4.51. The van der Waals surface area contributed by atoms with Gasteiger partial charge in [0.2, 0.25) is 11.2 Å². The normalized spacial score (nSPS) is 10.7. The predicted molar refractivity (Wildman–Crippen MR) is 110 cm³/mol. The van der Waals surface area contributed by atoms with E-state index in [1.807, 2.05) is 0 Å². The fourth-order valence-electron chi connectivity index (χ4n) is 2.69. The van der Waals surface area contributed by atoms with Crippen molar-refractivity contribution >= 4 is 33.3 Å². The van der Waals surface area contributed by atoms with Crippen LogP contribution in [0.4, 0.5) is 9.52 Å². The van der Waals surface area contributed by atoms with Crippen molar-refractivity contribution in [2.24, 2.45) is 0 Å². The van der Waals surface area contributed by atoms with Crippen LogP contribution in [0.15, 0.2) is 63.3 Å². The van der Waals surface area contributed by atoms with Crippen LogP contribution < -0.4 is 20.2 Å². The molecule has 2 aromatic heterocycles. The van der Waals surface area contributed by atoms with Gasteiger partial charge in [-0.15, -0.1) is 11.3 Å². The maximum absolute atomic E-state index is 13.1. The third kappa shape index (κ3) is 4.31. The Labute approximate surface area is 173 Å². The van der Waals surface area contributed by atoms with Gasteiger partial charge in [0.25, 0.3) is 5.91 Å². The number of aromatic nitrogens is 1. The van der Waals surface area contributed by atoms with Crippen molar-refractivity contribution in [1.82, 2.24) is 4.98 Å². The molecule has 0 radical (unpaired) electrons. The van der Waals surface area contributed by atoms with Gasteiger partial charge in [0.05, 0.1) is 5.39 Å². The van der Waals surface area contributed by atoms with Crippen LogP contribution in [0.3, 0.4) is 0 Å². The summed E-state index contributed by atoms with van der Waals surface area (Å²) in [6.45, 7) is 1.37. The Bertz CT molecular complexity index is 1250. The van der Waals surface area contributed by atoms with E-state index in [0.29, 0.717) is 22.2 Å². The summed E-state index contributed by atoms with van der Waals surface area (Å²) in [6, 6.07) is 9.95. The van der Waals surface area contributed by atoms with Crippen LogP contribution in [-0.2, 0) is 4.79 Å². The minimum Gasteiger partial charge on any atom is -0.484 e. The van der Waals surface area contributed by atoms with Gasteiger partial charge in [-0.05, 0) is 43.3 Å². The van der Waals surface area contributed by atoms with Crippen LogP contribution in [0.1, 0.15) is 5.76 Å². The van der Waals surface area contributed by atoms with Gasteiger partial charge in [-0.2, -0.15) is 0 Å². The summed E-state index contributed by atoms with van der Waals surface area (Å²) in [5.74, 6) is 0.202. The van der Waals surface area contributed by atoms with Crippen LogP contribution in [0.5, 0.6) is 17.2 Å². The molecular formula is C21H15FN2O5S. The standard InChI is InChI=1S/C21H15FN2O5S/c1-12-20(29-14-4-2-13(22)3-5-14)19(26)16-7-6-15(10-17(16)28-12)27-11-18(25)24-21-23-8-9-30-21/h2-10H,11H2,1H3,(H,23,24,25). The summed E-state index contributed by atoms with van der Waals surface area (Å²) < 4.78 is 29.9. The minimum atomic E-state index is -0.405. The van der Waals surface area contributed by atoms with Crippen LogP contribution in [-0.4, -0.2) is 17.5 Å². The molecule has 0 fully saturated rings. The molecule has 9 heteroatoms. The molecule has 0 aliphatic heterocycles. The SMILES string of the molecule is Cc1oc2cc(OCC(=O)Nc3nccs3)ccc2c(=O)c1Oc1ccc(F)cc1. The Balaban J connectivity index is 1.52. The molecule has 1 amide bonds. The van der Waals surface area contributed by atoms with Gasteiger partial charge in [-0.3, -0.25) is 14.9 Å². The van der Waals surface area contributed by atoms with Crippen LogP contribution >= 0.6 is 11.3 Å². The number of carbonyl (C=O) groups is 1. The van der Waals surface area contributed by atoms with E-state index in [2.05, 4.69) is 10.3 Å². The first-order valence-corrected chi connectivity index (χ1v) is 9.70. The number of carbonyl (C=O) groups excluding carboxylic acids is 1. The van der Waals surface area contributed by atoms with E-state index in [9.17, 15) is 14.0 Å². The molecule has 2 aromatic carbocycles. The fourth-order valence-corrected chi connectivity index (χ4v) is 3.23. The summed E-state index contributed by atoms with van der Waals surface area (Å²) in [4.78, 5) is 28.7. The van der Waals surface area contributed by atoms with Gasteiger partial charge < -0.3 is 13.9 Å². The van der Waals surface area contributed by atoms with E-state index in [1.165, 1.54) is 47.7 Å². The number of hydrogen-bond acceptors (Lipinski definition) is 7. The molecule has 4 aromatic rings. The molecule has 0 aliphatic carbocycles. The van der Waals surface area contributed by atoms with Gasteiger partial charge in [-0.25, -0.2) is 9.37 Å². The first-order chi connectivity index (χ1) is 14.5. The number of halogens is 1. The molecule has 0 bridgehead atoms. The number of nitrogens with one attached hydrogen (secondary N) is 1. The molecule has 0 saturated heterocycles. The second-order valence-corrected chi connectivity index (χ2v) is 7.10. The largest absolute Gasteiger partial charge is 0.484 e. The molecule has 0 spiro atoms. The molecule has 1 N–H and O–H groups in total. The zero-order chi connectivity index (χ0) is 21.1. The van der Waals surface area contributed by atoms with Crippen molar-refractivity contribution < 1.29 is 23.1 Å². The Morgan fingerprint density at radius 3 is 2.70 bits per heavy atom. The summed E-state index contributed by atoms with van der Waals surface area (Å²) >= 11 is 1.30. The highest BCUT2D eigenvalue weighted by atomic mass is 32.1. The highest BCUT2D eigenvalue weighted by molar-refractivity contribution is 7.13. The maximum Gasteiger partial charge on any atom is 0.264 e. The van der Waals surface area contributed by atoms with E-state index in [4.69, 9.17) is 13.9 Å². The van der Waals surface area contributed by atoms with Crippen molar-refractivity contribution in [2.75, 3.05) is 11.9 Å². The quantitative estimate of drug-likeness (QED) is 0.488. The molecule has 30 heavy (non-hydrogen) atoms. The van der Waals surface area contributed by atoms with Gasteiger partial charge >= 0.3 is 0 Å². The first kappa shape index (κ1) is 19.6. The second-order valence-electron chi connectivity index (χ2n) is 6.20. The maximum atomic E-state index is 13.1. The topological polar surface area (TPSA) is 90.7 Å². The van der Waals surface area contributed by atoms with Crippen LogP contribution in [0, 0.1) is 12.7 Å². The number of aryl methyl sites for hydroxylation is 1. The average Bonchev–Trinajstić information content (AvgIpc) is 3.23. The summed E-state index contributed by atoms with van der Waals surface area (Å²) in [5, 5.41) is 5.13. The van der Waals surface area contributed by atoms with Crippen molar-refractivity contribution in [3.8, 4) is 17.2 Å². The third-order valence-corrected chi connectivity index (χ3v) is 4.76. The number of thiazole rings is 1. The molecule has 2 heterocycles. The van der Waals surface area contributed by atoms with Gasteiger partial charge in [0.15, 0.2) is 11.7 Å². The molecular weight excluding hydrogens is 411 g/mol. The fraction of sp³-hybridized carbons (Fsp3) is 0.0952. The molecule has 4 rings (SSSR count).